The van der Waals surface area contributed by atoms with E-state index in [2.05, 4.69) is 5.48 Å². The first-order valence-electron chi connectivity index (χ1n) is 6.66. The molecular weight excluding hydrogens is 282 g/mol. The maximum Gasteiger partial charge on any atom is 0.269 e. The van der Waals surface area contributed by atoms with Gasteiger partial charge in [0.05, 0.1) is 6.61 Å². The summed E-state index contributed by atoms with van der Waals surface area (Å²) in [7, 11) is 0. The normalized spacial score (nSPS) is 10.0. The van der Waals surface area contributed by atoms with Crippen molar-refractivity contribution in [3.05, 3.63) is 69.6 Å². The molecule has 1 aromatic heterocycles. The van der Waals surface area contributed by atoms with Crippen LogP contribution in [0.25, 0.3) is 0 Å². The summed E-state index contributed by atoms with van der Waals surface area (Å²) in [5, 5.41) is 8.94. The molecule has 6 nitrogen and oxygen atoms in total. The first-order chi connectivity index (χ1) is 10.6. The van der Waals surface area contributed by atoms with E-state index in [0.29, 0.717) is 5.56 Å². The molecule has 0 aliphatic carbocycles. The lowest BCUT2D eigenvalue weighted by molar-refractivity contribution is -0.135. The Balaban J connectivity index is 1.93. The number of aryl methyl sites for hydroxylation is 1. The van der Waals surface area contributed by atoms with Crippen LogP contribution in [0.4, 0.5) is 0 Å². The molecule has 0 saturated carbocycles. The fourth-order valence-corrected chi connectivity index (χ4v) is 1.89. The van der Waals surface area contributed by atoms with E-state index in [1.807, 2.05) is 36.4 Å². The summed E-state index contributed by atoms with van der Waals surface area (Å²) < 4.78 is 1.17. The lowest BCUT2D eigenvalue weighted by Gasteiger charge is -2.08. The number of rotatable bonds is 5. The number of carbonyl (C=O) groups is 1. The molecule has 0 fully saturated rings. The van der Waals surface area contributed by atoms with Crippen molar-refractivity contribution in [1.82, 2.24) is 10.0 Å². The number of pyridine rings is 1. The third-order valence-corrected chi connectivity index (χ3v) is 3.07. The van der Waals surface area contributed by atoms with Gasteiger partial charge in [-0.1, -0.05) is 30.3 Å². The molecule has 0 aliphatic heterocycles. The average Bonchev–Trinajstić information content (AvgIpc) is 2.52. The minimum absolute atomic E-state index is 0.0421. The Hall–Kier alpha value is -2.91. The van der Waals surface area contributed by atoms with Gasteiger partial charge < -0.3 is 4.57 Å². The van der Waals surface area contributed by atoms with Crippen LogP contribution in [0.15, 0.2) is 47.4 Å². The zero-order valence-corrected chi connectivity index (χ0v) is 12.1. The first-order valence-corrected chi connectivity index (χ1v) is 6.66. The molecule has 1 aromatic carbocycles. The highest BCUT2D eigenvalue weighted by atomic mass is 16.6. The van der Waals surface area contributed by atoms with Crippen LogP contribution in [-0.4, -0.2) is 10.5 Å². The Morgan fingerprint density at radius 2 is 2.05 bits per heavy atom. The molecule has 112 valence electrons. The Morgan fingerprint density at radius 3 is 2.73 bits per heavy atom. The number of nitrogens with zero attached hydrogens (tertiary/aromatic N) is 2. The van der Waals surface area contributed by atoms with Crippen molar-refractivity contribution in [3.63, 3.8) is 0 Å². The lowest BCUT2D eigenvalue weighted by atomic mass is 10.2. The number of hydrogen-bond acceptors (Lipinski definition) is 4. The minimum Gasteiger partial charge on any atom is -0.305 e. The topological polar surface area (TPSA) is 84.1 Å². The van der Waals surface area contributed by atoms with E-state index in [-0.39, 0.29) is 18.7 Å². The van der Waals surface area contributed by atoms with Crippen molar-refractivity contribution in [1.29, 1.82) is 5.26 Å². The summed E-state index contributed by atoms with van der Waals surface area (Å²) in [5.74, 6) is -0.467. The second kappa shape index (κ2) is 7.20. The zero-order chi connectivity index (χ0) is 15.9. The fraction of sp³-hybridized carbons (Fsp3) is 0.188. The molecule has 2 rings (SSSR count). The van der Waals surface area contributed by atoms with Crippen molar-refractivity contribution in [2.45, 2.75) is 20.1 Å². The predicted molar refractivity (Wildman–Crippen MR) is 79.5 cm³/mol. The second-order valence-electron chi connectivity index (χ2n) is 4.72. The molecule has 6 heteroatoms. The van der Waals surface area contributed by atoms with Gasteiger partial charge in [0.1, 0.15) is 18.2 Å². The van der Waals surface area contributed by atoms with Gasteiger partial charge in [0, 0.05) is 6.20 Å². The van der Waals surface area contributed by atoms with Gasteiger partial charge in [-0.25, -0.2) is 5.48 Å². The van der Waals surface area contributed by atoms with Crippen molar-refractivity contribution >= 4 is 5.91 Å². The monoisotopic (exact) mass is 297 g/mol. The van der Waals surface area contributed by atoms with Crippen LogP contribution in [0.3, 0.4) is 0 Å². The smallest absolute Gasteiger partial charge is 0.269 e. The Bertz CT molecular complexity index is 760. The predicted octanol–water partition coefficient (Wildman–Crippen LogP) is 1.28. The van der Waals surface area contributed by atoms with Crippen LogP contribution in [0, 0.1) is 18.3 Å². The van der Waals surface area contributed by atoms with Crippen LogP contribution < -0.4 is 11.0 Å². The number of hydrogen-bond donors (Lipinski definition) is 1. The maximum absolute atomic E-state index is 12.0. The van der Waals surface area contributed by atoms with Gasteiger partial charge in [0.25, 0.3) is 11.5 Å². The van der Waals surface area contributed by atoms with E-state index < -0.39 is 11.5 Å². The molecule has 0 radical (unpaired) electrons. The van der Waals surface area contributed by atoms with E-state index in [0.717, 1.165) is 5.56 Å². The first kappa shape index (κ1) is 15.5. The number of amides is 1. The van der Waals surface area contributed by atoms with Gasteiger partial charge in [0.15, 0.2) is 0 Å². The van der Waals surface area contributed by atoms with Crippen LogP contribution in [0.5, 0.6) is 0 Å². The van der Waals surface area contributed by atoms with Crippen LogP contribution >= 0.6 is 0 Å². The van der Waals surface area contributed by atoms with Gasteiger partial charge in [-0.15, -0.1) is 0 Å². The lowest BCUT2D eigenvalue weighted by Crippen LogP contribution is -2.33. The van der Waals surface area contributed by atoms with Crippen LogP contribution in [0.2, 0.25) is 0 Å². The number of nitriles is 1. The molecule has 1 heterocycles. The zero-order valence-electron chi connectivity index (χ0n) is 12.1. The molecule has 0 spiro atoms. The van der Waals surface area contributed by atoms with Crippen molar-refractivity contribution in [3.8, 4) is 6.07 Å². The summed E-state index contributed by atoms with van der Waals surface area (Å²) in [4.78, 5) is 28.8. The SMILES string of the molecule is Cc1ccn(CC(=O)NOCc2ccccc2)c(=O)c1C#N. The number of nitrogens with one attached hydrogen (secondary N) is 1. The molecule has 22 heavy (non-hydrogen) atoms. The summed E-state index contributed by atoms with van der Waals surface area (Å²) in [6.45, 7) is 1.70. The van der Waals surface area contributed by atoms with E-state index in [1.54, 1.807) is 13.0 Å². The molecule has 0 aliphatic rings. The fourth-order valence-electron chi connectivity index (χ4n) is 1.89. The number of carbonyl (C=O) groups excluding carboxylic acids is 1. The average molecular weight is 297 g/mol. The number of hydroxylamine groups is 1. The van der Waals surface area contributed by atoms with Gasteiger partial charge in [0.2, 0.25) is 0 Å². The van der Waals surface area contributed by atoms with Crippen molar-refractivity contribution < 1.29 is 9.63 Å². The van der Waals surface area contributed by atoms with Crippen LogP contribution in [-0.2, 0) is 22.8 Å². The maximum atomic E-state index is 12.0. The Kier molecular flexibility index (Phi) is 5.07. The highest BCUT2D eigenvalue weighted by Gasteiger charge is 2.09. The van der Waals surface area contributed by atoms with E-state index in [1.165, 1.54) is 10.8 Å². The minimum atomic E-state index is -0.485. The van der Waals surface area contributed by atoms with Gasteiger partial charge in [-0.05, 0) is 24.1 Å². The number of benzene rings is 1. The third-order valence-electron chi connectivity index (χ3n) is 3.07. The molecular formula is C16H15N3O3. The van der Waals surface area contributed by atoms with Gasteiger partial charge in [-0.2, -0.15) is 5.26 Å². The molecule has 0 atom stereocenters. The molecule has 0 unspecified atom stereocenters. The molecule has 0 bridgehead atoms. The third kappa shape index (κ3) is 3.81. The summed E-state index contributed by atoms with van der Waals surface area (Å²) in [5.41, 5.74) is 3.34. The summed E-state index contributed by atoms with van der Waals surface area (Å²) >= 11 is 0. The standard InChI is InChI=1S/C16H15N3O3/c1-12-7-8-19(16(21)14(12)9-17)10-15(20)18-22-11-13-5-3-2-4-6-13/h2-8H,10-11H2,1H3,(H,18,20). The molecule has 2 aromatic rings. The number of aromatic nitrogens is 1. The highest BCUT2D eigenvalue weighted by molar-refractivity contribution is 5.74. The van der Waals surface area contributed by atoms with Crippen LogP contribution in [0.1, 0.15) is 16.7 Å². The highest BCUT2D eigenvalue weighted by Crippen LogP contribution is 2.00. The van der Waals surface area contributed by atoms with Gasteiger partial charge in [-0.3, -0.25) is 14.4 Å². The molecule has 1 amide bonds. The summed E-state index contributed by atoms with van der Waals surface area (Å²) in [6.07, 6.45) is 1.48. The second-order valence-corrected chi connectivity index (χ2v) is 4.72. The molecule has 1 N–H and O–H groups in total. The van der Waals surface area contributed by atoms with E-state index in [9.17, 15) is 9.59 Å². The largest absolute Gasteiger partial charge is 0.305 e. The van der Waals surface area contributed by atoms with E-state index >= 15 is 0 Å². The van der Waals surface area contributed by atoms with E-state index in [4.69, 9.17) is 10.1 Å². The van der Waals surface area contributed by atoms with Crippen molar-refractivity contribution in [2.24, 2.45) is 0 Å². The quantitative estimate of drug-likeness (QED) is 0.842. The Morgan fingerprint density at radius 1 is 1.32 bits per heavy atom. The molecule has 0 saturated heterocycles. The summed E-state index contributed by atoms with van der Waals surface area (Å²) in [6, 6.07) is 12.8. The van der Waals surface area contributed by atoms with Crippen molar-refractivity contribution in [2.75, 3.05) is 0 Å². The van der Waals surface area contributed by atoms with Gasteiger partial charge >= 0.3 is 0 Å². The Labute approximate surface area is 127 Å².